The topological polar surface area (TPSA) is 0 Å². The summed E-state index contributed by atoms with van der Waals surface area (Å²) in [7, 11) is 0. The first-order valence-electron chi connectivity index (χ1n) is 7.23. The monoisotopic (exact) mass is 218 g/mol. The molecule has 0 heteroatoms. The fourth-order valence-corrected chi connectivity index (χ4v) is 3.13. The molecule has 16 heavy (non-hydrogen) atoms. The smallest absolute Gasteiger partial charge is 0.00169 e. The second-order valence-corrected chi connectivity index (χ2v) is 5.74. The maximum absolute atomic E-state index is 2.43. The van der Waals surface area contributed by atoms with E-state index in [0.717, 1.165) is 11.8 Å². The Balaban J connectivity index is 1.90. The minimum Gasteiger partial charge on any atom is -0.0773 e. The molecule has 0 aliphatic heterocycles. The molecule has 0 aromatic heterocycles. The van der Waals surface area contributed by atoms with E-state index in [9.17, 15) is 0 Å². The molecule has 0 aromatic carbocycles. The first-order chi connectivity index (χ1) is 7.86. The van der Waals surface area contributed by atoms with Gasteiger partial charge in [-0.1, -0.05) is 75.7 Å². The first-order valence-corrected chi connectivity index (χ1v) is 7.23. The zero-order valence-corrected chi connectivity index (χ0v) is 10.8. The van der Waals surface area contributed by atoms with E-state index in [1.807, 2.05) is 0 Å². The Morgan fingerprint density at radius 3 is 2.44 bits per heavy atom. The van der Waals surface area contributed by atoms with E-state index in [-0.39, 0.29) is 0 Å². The van der Waals surface area contributed by atoms with Gasteiger partial charge in [0.2, 0.25) is 0 Å². The van der Waals surface area contributed by atoms with Crippen molar-refractivity contribution in [1.82, 2.24) is 0 Å². The first kappa shape index (κ1) is 12.0. The zero-order chi connectivity index (χ0) is 11.2. The molecule has 0 amide bonds. The fraction of sp³-hybridized carbons (Fsp3) is 0.750. The van der Waals surface area contributed by atoms with Crippen LogP contribution < -0.4 is 0 Å². The minimum atomic E-state index is 0.793. The van der Waals surface area contributed by atoms with Crippen molar-refractivity contribution in [3.63, 3.8) is 0 Å². The highest BCUT2D eigenvalue weighted by atomic mass is 14.2. The summed E-state index contributed by atoms with van der Waals surface area (Å²) >= 11 is 0. The highest BCUT2D eigenvalue weighted by molar-refractivity contribution is 5.27. The van der Waals surface area contributed by atoms with E-state index in [4.69, 9.17) is 0 Å². The van der Waals surface area contributed by atoms with Gasteiger partial charge in [0.15, 0.2) is 0 Å². The molecule has 2 atom stereocenters. The van der Waals surface area contributed by atoms with Crippen LogP contribution in [0.5, 0.6) is 0 Å². The van der Waals surface area contributed by atoms with Gasteiger partial charge in [-0.3, -0.25) is 0 Å². The van der Waals surface area contributed by atoms with Gasteiger partial charge in [0.25, 0.3) is 0 Å². The Kier molecular flexibility index (Phi) is 4.69. The van der Waals surface area contributed by atoms with Crippen molar-refractivity contribution in [2.45, 2.75) is 64.7 Å². The van der Waals surface area contributed by atoms with E-state index < -0.39 is 0 Å². The number of allylic oxidation sites excluding steroid dienone is 4. The maximum Gasteiger partial charge on any atom is -0.00169 e. The van der Waals surface area contributed by atoms with Crippen molar-refractivity contribution < 1.29 is 0 Å². The summed E-state index contributed by atoms with van der Waals surface area (Å²) in [5.74, 6) is 1.69. The lowest BCUT2D eigenvalue weighted by molar-refractivity contribution is 0.445. The third kappa shape index (κ3) is 3.50. The van der Waals surface area contributed by atoms with E-state index >= 15 is 0 Å². The van der Waals surface area contributed by atoms with Gasteiger partial charge in [0.1, 0.15) is 0 Å². The molecule has 0 aromatic rings. The van der Waals surface area contributed by atoms with Crippen LogP contribution in [-0.4, -0.2) is 0 Å². The number of hydrogen-bond donors (Lipinski definition) is 0. The van der Waals surface area contributed by atoms with Gasteiger partial charge in [0.05, 0.1) is 0 Å². The molecule has 0 N–H and O–H groups in total. The van der Waals surface area contributed by atoms with E-state index in [2.05, 4.69) is 25.2 Å². The fourth-order valence-electron chi connectivity index (χ4n) is 3.13. The van der Waals surface area contributed by atoms with Crippen molar-refractivity contribution in [2.75, 3.05) is 0 Å². The van der Waals surface area contributed by atoms with Crippen molar-refractivity contribution >= 4 is 0 Å². The Labute approximate surface area is 101 Å². The standard InChI is InChI=1S/C16H26/c1-14-9-6-4-2-3-5-7-10-15-11-8-12-16(15)13-14/h8,11-12,14-15H,2-7,9-10,13H2,1H3. The molecule has 0 radical (unpaired) electrons. The van der Waals surface area contributed by atoms with Crippen molar-refractivity contribution in [3.05, 3.63) is 23.8 Å². The lowest BCUT2D eigenvalue weighted by Gasteiger charge is -2.19. The Hall–Kier alpha value is -0.520. The largest absolute Gasteiger partial charge is 0.0773 e. The van der Waals surface area contributed by atoms with Crippen molar-refractivity contribution in [3.8, 4) is 0 Å². The van der Waals surface area contributed by atoms with Gasteiger partial charge in [-0.15, -0.1) is 0 Å². The lowest BCUT2D eigenvalue weighted by atomic mass is 9.86. The lowest BCUT2D eigenvalue weighted by Crippen LogP contribution is -2.05. The molecule has 0 heterocycles. The van der Waals surface area contributed by atoms with Crippen LogP contribution in [0.4, 0.5) is 0 Å². The average molecular weight is 218 g/mol. The molecule has 2 unspecified atom stereocenters. The Morgan fingerprint density at radius 1 is 0.938 bits per heavy atom. The number of fused-ring (bicyclic) bond motifs is 1. The third-order valence-corrected chi connectivity index (χ3v) is 4.18. The van der Waals surface area contributed by atoms with Gasteiger partial charge >= 0.3 is 0 Å². The van der Waals surface area contributed by atoms with Crippen LogP contribution in [0.1, 0.15) is 64.7 Å². The summed E-state index contributed by atoms with van der Waals surface area (Å²) in [6, 6.07) is 0. The van der Waals surface area contributed by atoms with Crippen molar-refractivity contribution in [1.29, 1.82) is 0 Å². The zero-order valence-electron chi connectivity index (χ0n) is 10.8. The Bertz CT molecular complexity index is 259. The number of rotatable bonds is 0. The number of hydrogen-bond acceptors (Lipinski definition) is 0. The Morgan fingerprint density at radius 2 is 1.62 bits per heavy atom. The second kappa shape index (κ2) is 6.27. The summed E-state index contributed by atoms with van der Waals surface area (Å²) in [5.41, 5.74) is 1.72. The molecule has 1 saturated carbocycles. The molecule has 0 spiro atoms. The molecule has 1 fully saturated rings. The summed E-state index contributed by atoms with van der Waals surface area (Å²) in [4.78, 5) is 0. The molecule has 2 rings (SSSR count). The normalized spacial score (nSPS) is 32.4. The summed E-state index contributed by atoms with van der Waals surface area (Å²) in [6.07, 6.45) is 20.0. The highest BCUT2D eigenvalue weighted by Gasteiger charge is 2.17. The minimum absolute atomic E-state index is 0.793. The third-order valence-electron chi connectivity index (χ3n) is 4.18. The average Bonchev–Trinajstić information content (AvgIpc) is 2.67. The molecule has 0 saturated heterocycles. The molecule has 0 nitrogen and oxygen atoms in total. The highest BCUT2D eigenvalue weighted by Crippen LogP contribution is 2.32. The van der Waals surface area contributed by atoms with Gasteiger partial charge in [-0.25, -0.2) is 0 Å². The van der Waals surface area contributed by atoms with Gasteiger partial charge in [0, 0.05) is 0 Å². The van der Waals surface area contributed by atoms with Crippen LogP contribution in [0.2, 0.25) is 0 Å². The summed E-state index contributed by atoms with van der Waals surface area (Å²) in [5, 5.41) is 0. The summed E-state index contributed by atoms with van der Waals surface area (Å²) < 4.78 is 0. The van der Waals surface area contributed by atoms with Gasteiger partial charge in [-0.05, 0) is 24.7 Å². The predicted molar refractivity (Wildman–Crippen MR) is 71.4 cm³/mol. The molecule has 90 valence electrons. The van der Waals surface area contributed by atoms with Crippen LogP contribution in [0.3, 0.4) is 0 Å². The van der Waals surface area contributed by atoms with E-state index in [1.54, 1.807) is 5.57 Å². The van der Waals surface area contributed by atoms with E-state index in [0.29, 0.717) is 0 Å². The van der Waals surface area contributed by atoms with Crippen LogP contribution in [-0.2, 0) is 0 Å². The van der Waals surface area contributed by atoms with Crippen LogP contribution in [0, 0.1) is 11.8 Å². The molecule has 2 aliphatic rings. The second-order valence-electron chi connectivity index (χ2n) is 5.74. The van der Waals surface area contributed by atoms with Crippen LogP contribution >= 0.6 is 0 Å². The van der Waals surface area contributed by atoms with Crippen molar-refractivity contribution in [2.24, 2.45) is 11.8 Å². The maximum atomic E-state index is 2.43. The SMILES string of the molecule is CC1CCCCCCCCC2C=CC=C2C1. The quantitative estimate of drug-likeness (QED) is 0.520. The van der Waals surface area contributed by atoms with Gasteiger partial charge < -0.3 is 0 Å². The van der Waals surface area contributed by atoms with E-state index in [1.165, 1.54) is 57.8 Å². The van der Waals surface area contributed by atoms with Crippen LogP contribution in [0.25, 0.3) is 0 Å². The molecular weight excluding hydrogens is 192 g/mol. The van der Waals surface area contributed by atoms with Gasteiger partial charge in [-0.2, -0.15) is 0 Å². The molecular formula is C16H26. The van der Waals surface area contributed by atoms with Crippen LogP contribution in [0.15, 0.2) is 23.8 Å². The molecule has 0 bridgehead atoms. The predicted octanol–water partition coefficient (Wildman–Crippen LogP) is 5.26. The summed E-state index contributed by atoms with van der Waals surface area (Å²) in [6.45, 7) is 2.43. The molecule has 2 aliphatic carbocycles.